The number of hydrogen-bond donors (Lipinski definition) is 3. The Kier molecular flexibility index (Phi) is 2.81. The minimum Gasteiger partial charge on any atom is -0.399 e. The highest BCUT2D eigenvalue weighted by Gasteiger charge is 2.36. The second-order valence-corrected chi connectivity index (χ2v) is 5.56. The van der Waals surface area contributed by atoms with Crippen molar-refractivity contribution in [2.75, 3.05) is 5.73 Å². The van der Waals surface area contributed by atoms with E-state index in [0.717, 1.165) is 11.6 Å². The molecule has 1 aliphatic carbocycles. The maximum Gasteiger partial charge on any atom is 0.0840 e. The molecule has 4 unspecified atom stereocenters. The van der Waals surface area contributed by atoms with Crippen molar-refractivity contribution in [1.29, 1.82) is 0 Å². The van der Waals surface area contributed by atoms with Crippen LogP contribution in [0.3, 0.4) is 0 Å². The SMILES string of the molecule is CC1CCC2NC(c3ccc(N)cc3)NC2C1. The summed E-state index contributed by atoms with van der Waals surface area (Å²) in [6.07, 6.45) is 4.24. The molecule has 92 valence electrons. The van der Waals surface area contributed by atoms with E-state index in [0.29, 0.717) is 18.2 Å². The van der Waals surface area contributed by atoms with Crippen LogP contribution >= 0.6 is 0 Å². The number of rotatable bonds is 1. The molecule has 0 aromatic heterocycles. The highest BCUT2D eigenvalue weighted by molar-refractivity contribution is 5.40. The Bertz CT molecular complexity index is 387. The van der Waals surface area contributed by atoms with Gasteiger partial charge in [0.25, 0.3) is 0 Å². The van der Waals surface area contributed by atoms with Gasteiger partial charge in [-0.15, -0.1) is 0 Å². The Hall–Kier alpha value is -1.06. The summed E-state index contributed by atoms with van der Waals surface area (Å²) in [6, 6.07) is 9.46. The molecular formula is C14H21N3. The van der Waals surface area contributed by atoms with E-state index >= 15 is 0 Å². The number of nitrogen functional groups attached to an aromatic ring is 1. The Labute approximate surface area is 103 Å². The Balaban J connectivity index is 1.73. The molecule has 1 aliphatic heterocycles. The zero-order valence-electron chi connectivity index (χ0n) is 10.3. The van der Waals surface area contributed by atoms with Crippen LogP contribution in [0, 0.1) is 5.92 Å². The molecule has 2 fully saturated rings. The highest BCUT2D eigenvalue weighted by atomic mass is 15.2. The van der Waals surface area contributed by atoms with E-state index in [1.165, 1.54) is 24.8 Å². The zero-order valence-corrected chi connectivity index (χ0v) is 10.3. The van der Waals surface area contributed by atoms with Gasteiger partial charge in [0.05, 0.1) is 6.17 Å². The minimum atomic E-state index is 0.302. The average molecular weight is 231 g/mol. The van der Waals surface area contributed by atoms with E-state index in [9.17, 15) is 0 Å². The monoisotopic (exact) mass is 231 g/mol. The molecule has 1 heterocycles. The van der Waals surface area contributed by atoms with Crippen molar-refractivity contribution >= 4 is 5.69 Å². The Morgan fingerprint density at radius 1 is 1.06 bits per heavy atom. The van der Waals surface area contributed by atoms with Gasteiger partial charge in [0.15, 0.2) is 0 Å². The largest absolute Gasteiger partial charge is 0.399 e. The molecule has 4 N–H and O–H groups in total. The Morgan fingerprint density at radius 3 is 2.53 bits per heavy atom. The van der Waals surface area contributed by atoms with Gasteiger partial charge in [0.2, 0.25) is 0 Å². The lowest BCUT2D eigenvalue weighted by molar-refractivity contribution is 0.299. The van der Waals surface area contributed by atoms with Gasteiger partial charge in [0, 0.05) is 17.8 Å². The zero-order chi connectivity index (χ0) is 11.8. The first-order valence-electron chi connectivity index (χ1n) is 6.60. The minimum absolute atomic E-state index is 0.302. The third-order valence-corrected chi connectivity index (χ3v) is 4.14. The van der Waals surface area contributed by atoms with E-state index in [4.69, 9.17) is 5.73 Å². The summed E-state index contributed by atoms with van der Waals surface area (Å²) in [6.45, 7) is 2.36. The number of nitrogens with two attached hydrogens (primary N) is 1. The van der Waals surface area contributed by atoms with Gasteiger partial charge in [-0.3, -0.25) is 10.6 Å². The number of nitrogens with one attached hydrogen (secondary N) is 2. The Morgan fingerprint density at radius 2 is 1.76 bits per heavy atom. The molecule has 0 spiro atoms. The molecule has 0 bridgehead atoms. The van der Waals surface area contributed by atoms with Crippen molar-refractivity contribution < 1.29 is 0 Å². The predicted molar refractivity (Wildman–Crippen MR) is 70.5 cm³/mol. The van der Waals surface area contributed by atoms with Crippen LogP contribution < -0.4 is 16.4 Å². The lowest BCUT2D eigenvalue weighted by Gasteiger charge is -2.28. The maximum atomic E-state index is 5.72. The smallest absolute Gasteiger partial charge is 0.0840 e. The third kappa shape index (κ3) is 2.17. The van der Waals surface area contributed by atoms with Crippen molar-refractivity contribution in [2.45, 2.75) is 44.4 Å². The van der Waals surface area contributed by atoms with Crippen LogP contribution in [-0.4, -0.2) is 12.1 Å². The van der Waals surface area contributed by atoms with Crippen molar-refractivity contribution in [3.63, 3.8) is 0 Å². The predicted octanol–water partition coefficient (Wildman–Crippen LogP) is 2.02. The lowest BCUT2D eigenvalue weighted by Crippen LogP contribution is -2.38. The second kappa shape index (κ2) is 4.31. The fraction of sp³-hybridized carbons (Fsp3) is 0.571. The molecule has 17 heavy (non-hydrogen) atoms. The van der Waals surface area contributed by atoms with Crippen LogP contribution in [-0.2, 0) is 0 Å². The lowest BCUT2D eigenvalue weighted by atomic mass is 9.84. The first kappa shape index (κ1) is 11.1. The van der Waals surface area contributed by atoms with Gasteiger partial charge in [-0.05, 0) is 42.9 Å². The van der Waals surface area contributed by atoms with Crippen LogP contribution in [0.4, 0.5) is 5.69 Å². The summed E-state index contributed by atoms with van der Waals surface area (Å²) in [7, 11) is 0. The first-order valence-corrected chi connectivity index (χ1v) is 6.60. The van der Waals surface area contributed by atoms with E-state index < -0.39 is 0 Å². The van der Waals surface area contributed by atoms with Crippen molar-refractivity contribution in [2.24, 2.45) is 5.92 Å². The van der Waals surface area contributed by atoms with E-state index in [2.05, 4.69) is 29.7 Å². The summed E-state index contributed by atoms with van der Waals surface area (Å²) < 4.78 is 0. The molecule has 2 aliphatic rings. The topological polar surface area (TPSA) is 50.1 Å². The number of hydrogen-bond acceptors (Lipinski definition) is 3. The quantitative estimate of drug-likeness (QED) is 0.648. The third-order valence-electron chi connectivity index (χ3n) is 4.14. The van der Waals surface area contributed by atoms with Crippen LogP contribution in [0.25, 0.3) is 0 Å². The molecule has 4 atom stereocenters. The summed E-state index contributed by atoms with van der Waals surface area (Å²) in [5.41, 5.74) is 7.84. The fourth-order valence-corrected chi connectivity index (χ4v) is 3.12. The number of benzene rings is 1. The molecule has 1 saturated carbocycles. The van der Waals surface area contributed by atoms with Gasteiger partial charge >= 0.3 is 0 Å². The number of fused-ring (bicyclic) bond motifs is 1. The highest BCUT2D eigenvalue weighted by Crippen LogP contribution is 2.31. The second-order valence-electron chi connectivity index (χ2n) is 5.56. The first-order chi connectivity index (χ1) is 8.22. The standard InChI is InChI=1S/C14H21N3/c1-9-2-7-12-13(8-9)17-14(16-12)10-3-5-11(15)6-4-10/h3-6,9,12-14,16-17H,2,7-8,15H2,1H3. The van der Waals surface area contributed by atoms with E-state index in [-0.39, 0.29) is 0 Å². The van der Waals surface area contributed by atoms with E-state index in [1.54, 1.807) is 0 Å². The van der Waals surface area contributed by atoms with Gasteiger partial charge in [-0.1, -0.05) is 19.1 Å². The molecule has 1 aromatic rings. The maximum absolute atomic E-state index is 5.72. The van der Waals surface area contributed by atoms with Crippen molar-refractivity contribution in [3.05, 3.63) is 29.8 Å². The van der Waals surface area contributed by atoms with Crippen LogP contribution in [0.2, 0.25) is 0 Å². The van der Waals surface area contributed by atoms with Crippen molar-refractivity contribution in [1.82, 2.24) is 10.6 Å². The number of anilines is 1. The molecule has 3 rings (SSSR count). The van der Waals surface area contributed by atoms with Crippen molar-refractivity contribution in [3.8, 4) is 0 Å². The average Bonchev–Trinajstić information content (AvgIpc) is 2.72. The fourth-order valence-electron chi connectivity index (χ4n) is 3.12. The molecule has 3 nitrogen and oxygen atoms in total. The van der Waals surface area contributed by atoms with Gasteiger partial charge in [0.1, 0.15) is 0 Å². The summed E-state index contributed by atoms with van der Waals surface area (Å²) >= 11 is 0. The molecule has 3 heteroatoms. The molecule has 1 aromatic carbocycles. The summed E-state index contributed by atoms with van der Waals surface area (Å²) in [5.74, 6) is 0.857. The molecule has 0 amide bonds. The van der Waals surface area contributed by atoms with Gasteiger partial charge < -0.3 is 5.73 Å². The van der Waals surface area contributed by atoms with Crippen LogP contribution in [0.15, 0.2) is 24.3 Å². The molecule has 0 radical (unpaired) electrons. The van der Waals surface area contributed by atoms with E-state index in [1.807, 2.05) is 12.1 Å². The van der Waals surface area contributed by atoms with Gasteiger partial charge in [-0.25, -0.2) is 0 Å². The van der Waals surface area contributed by atoms with Crippen LogP contribution in [0.1, 0.15) is 37.9 Å². The normalized spacial score (nSPS) is 36.8. The summed E-state index contributed by atoms with van der Waals surface area (Å²) in [4.78, 5) is 0. The van der Waals surface area contributed by atoms with Gasteiger partial charge in [-0.2, -0.15) is 0 Å². The van der Waals surface area contributed by atoms with Crippen LogP contribution in [0.5, 0.6) is 0 Å². The molecular weight excluding hydrogens is 210 g/mol. The summed E-state index contributed by atoms with van der Waals surface area (Å²) in [5, 5.41) is 7.40. The molecule has 1 saturated heterocycles.